The lowest BCUT2D eigenvalue weighted by molar-refractivity contribution is -0.749. The predicted octanol–water partition coefficient (Wildman–Crippen LogP) is -0.813. The van der Waals surface area contributed by atoms with E-state index >= 15 is 0 Å². The second-order valence-electron chi connectivity index (χ2n) is 1.54. The van der Waals surface area contributed by atoms with E-state index in [2.05, 4.69) is 4.94 Å². The van der Waals surface area contributed by atoms with Crippen molar-refractivity contribution in [2.45, 2.75) is 5.12 Å². The van der Waals surface area contributed by atoms with Gasteiger partial charge in [-0.25, -0.2) is 0 Å². The number of nitrogens with one attached hydrogen (secondary N) is 1. The van der Waals surface area contributed by atoms with Crippen LogP contribution < -0.4 is 5.48 Å². The molecule has 0 aromatic carbocycles. The quantitative estimate of drug-likeness (QED) is 0.181. The molecule has 1 rings (SSSR count). The fourth-order valence-corrected chi connectivity index (χ4v) is 0.500. The Balaban J connectivity index is 2.82. The molecule has 0 aromatic heterocycles. The van der Waals surface area contributed by atoms with Crippen LogP contribution in [-0.2, 0) is 4.94 Å². The summed E-state index contributed by atoms with van der Waals surface area (Å²) in [7, 11) is 0. The summed E-state index contributed by atoms with van der Waals surface area (Å²) in [5, 5.41) is 18.0. The molecular weight excluding hydrogens is 165 g/mol. The van der Waals surface area contributed by atoms with Gasteiger partial charge in [-0.15, -0.1) is 5.48 Å². The molecule has 0 bridgehead atoms. The highest BCUT2D eigenvalue weighted by Gasteiger charge is 2.48. The summed E-state index contributed by atoms with van der Waals surface area (Å²) in [5.74, 6) is 0. The van der Waals surface area contributed by atoms with Crippen LogP contribution in [0.5, 0.6) is 0 Å². The van der Waals surface area contributed by atoms with Gasteiger partial charge in [-0.1, -0.05) is 0 Å². The normalized spacial score (nSPS) is 31.1. The minimum absolute atomic E-state index is 0.129. The summed E-state index contributed by atoms with van der Waals surface area (Å²) >= 11 is 5.17. The maximum Gasteiger partial charge on any atom is 0.449 e. The van der Waals surface area contributed by atoms with E-state index in [-0.39, 0.29) is 4.90 Å². The Bertz CT molecular complexity index is 205. The molecule has 0 aliphatic carbocycles. The van der Waals surface area contributed by atoms with Crippen molar-refractivity contribution in [3.8, 4) is 0 Å². The number of rotatable bonds is 1. The highest BCUT2D eigenvalue weighted by Crippen LogP contribution is 2.12. The van der Waals surface area contributed by atoms with Crippen LogP contribution in [0.3, 0.4) is 0 Å². The van der Waals surface area contributed by atoms with Crippen molar-refractivity contribution in [3.05, 3.63) is 15.3 Å². The summed E-state index contributed by atoms with van der Waals surface area (Å²) in [6.07, 6.45) is 0.550. The third kappa shape index (κ3) is 0.957. The third-order valence-corrected chi connectivity index (χ3v) is 1.13. The van der Waals surface area contributed by atoms with E-state index < -0.39 is 10.0 Å². The molecule has 0 spiro atoms. The summed E-state index contributed by atoms with van der Waals surface area (Å²) in [4.78, 5) is 12.9. The number of nitro groups is 1. The Labute approximate surface area is 59.5 Å². The summed E-state index contributed by atoms with van der Waals surface area (Å²) in [6, 6.07) is 0. The molecule has 0 amide bonds. The molecule has 1 N–H and O–H groups in total. The van der Waals surface area contributed by atoms with Gasteiger partial charge in [-0.05, 0) is 11.6 Å². The summed E-state index contributed by atoms with van der Waals surface area (Å²) < 4.78 is 0. The second kappa shape index (κ2) is 1.96. The lowest BCUT2D eigenvalue weighted by Crippen LogP contribution is -2.43. The summed E-state index contributed by atoms with van der Waals surface area (Å²) in [5.41, 5.74) is 1.71. The zero-order valence-electron chi connectivity index (χ0n) is 4.48. The van der Waals surface area contributed by atoms with E-state index in [4.69, 9.17) is 11.6 Å². The molecule has 1 aliphatic heterocycles. The Kier molecular flexibility index (Phi) is 1.38. The van der Waals surface area contributed by atoms with Gasteiger partial charge in [0.05, 0.1) is 9.83 Å². The zero-order valence-corrected chi connectivity index (χ0v) is 5.24. The van der Waals surface area contributed by atoms with E-state index in [0.717, 1.165) is 0 Å². The van der Waals surface area contributed by atoms with Crippen LogP contribution in [0, 0.1) is 15.3 Å². The van der Waals surface area contributed by atoms with E-state index in [1.165, 1.54) is 0 Å². The molecule has 1 aliphatic rings. The fourth-order valence-electron chi connectivity index (χ4n) is 0.386. The first-order chi connectivity index (χ1) is 4.54. The van der Waals surface area contributed by atoms with Crippen LogP contribution in [0.15, 0.2) is 0 Å². The van der Waals surface area contributed by atoms with Gasteiger partial charge in [0, 0.05) is 0 Å². The van der Waals surface area contributed by atoms with Gasteiger partial charge in [-0.2, -0.15) is 0 Å². The first kappa shape index (κ1) is 7.03. The first-order valence-corrected chi connectivity index (χ1v) is 2.52. The molecule has 10 heavy (non-hydrogen) atoms. The van der Waals surface area contributed by atoms with Crippen molar-refractivity contribution in [2.75, 3.05) is 0 Å². The molecule has 8 heteroatoms. The minimum Gasteiger partial charge on any atom is -0.313 e. The molecule has 56 valence electrons. The highest BCUT2D eigenvalue weighted by atomic mass is 35.5. The van der Waals surface area contributed by atoms with Gasteiger partial charge in [0.2, 0.25) is 0 Å². The molecule has 0 radical (unpaired) electrons. The maximum atomic E-state index is 10.2. The van der Waals surface area contributed by atoms with Gasteiger partial charge in [0.25, 0.3) is 0 Å². The van der Waals surface area contributed by atoms with Crippen molar-refractivity contribution in [1.82, 2.24) is 5.48 Å². The van der Waals surface area contributed by atoms with Gasteiger partial charge in [0.1, 0.15) is 0 Å². The Morgan fingerprint density at radius 3 is 2.70 bits per heavy atom. The van der Waals surface area contributed by atoms with E-state index in [0.29, 0.717) is 6.21 Å². The Morgan fingerprint density at radius 1 is 1.90 bits per heavy atom. The molecule has 0 fully saturated rings. The van der Waals surface area contributed by atoms with Crippen LogP contribution in [-0.4, -0.2) is 21.2 Å². The van der Waals surface area contributed by atoms with Crippen LogP contribution in [0.25, 0.3) is 0 Å². The van der Waals surface area contributed by atoms with Crippen LogP contribution in [0.1, 0.15) is 0 Å². The molecule has 1 unspecified atom stereocenters. The van der Waals surface area contributed by atoms with E-state index in [1.54, 1.807) is 5.48 Å². The van der Waals surface area contributed by atoms with E-state index in [9.17, 15) is 15.3 Å². The SMILES string of the molecule is O=[N+]([O-])C1(Cl)C=[N+]([O-])ON1. The first-order valence-electron chi connectivity index (χ1n) is 2.14. The summed E-state index contributed by atoms with van der Waals surface area (Å²) in [6.45, 7) is 0. The number of halogens is 1. The molecule has 0 saturated heterocycles. The Morgan fingerprint density at radius 2 is 2.50 bits per heavy atom. The maximum absolute atomic E-state index is 10.2. The van der Waals surface area contributed by atoms with Crippen LogP contribution in [0.2, 0.25) is 0 Å². The number of hydroxylamine groups is 1. The van der Waals surface area contributed by atoms with Crippen LogP contribution >= 0.6 is 11.6 Å². The standard InChI is InChI=1S/C2H2ClN3O4/c3-2(6(8)9)1-5(7)10-4-2/h1,4H. The third-order valence-electron chi connectivity index (χ3n) is 0.821. The molecular formula is C2H2ClN3O4. The van der Waals surface area contributed by atoms with Gasteiger partial charge >= 0.3 is 11.3 Å². The predicted molar refractivity (Wildman–Crippen MR) is 29.5 cm³/mol. The topological polar surface area (TPSA) is 90.5 Å². The number of hydrogen-bond donors (Lipinski definition) is 1. The fraction of sp³-hybridized carbons (Fsp3) is 0.500. The van der Waals surface area contributed by atoms with Gasteiger partial charge in [-0.3, -0.25) is 15.3 Å². The van der Waals surface area contributed by atoms with Gasteiger partial charge in [0.15, 0.2) is 0 Å². The molecule has 1 atom stereocenters. The van der Waals surface area contributed by atoms with Crippen molar-refractivity contribution in [2.24, 2.45) is 0 Å². The number of hydrogen-bond acceptors (Lipinski definition) is 5. The van der Waals surface area contributed by atoms with Crippen molar-refractivity contribution in [3.63, 3.8) is 0 Å². The molecule has 7 nitrogen and oxygen atoms in total. The van der Waals surface area contributed by atoms with Crippen LogP contribution in [0.4, 0.5) is 0 Å². The van der Waals surface area contributed by atoms with Gasteiger partial charge < -0.3 is 4.94 Å². The van der Waals surface area contributed by atoms with Crippen molar-refractivity contribution < 1.29 is 14.8 Å². The second-order valence-corrected chi connectivity index (χ2v) is 2.11. The van der Waals surface area contributed by atoms with E-state index in [1.807, 2.05) is 0 Å². The average Bonchev–Trinajstić information content (AvgIpc) is 2.13. The smallest absolute Gasteiger partial charge is 0.313 e. The van der Waals surface area contributed by atoms with Crippen molar-refractivity contribution in [1.29, 1.82) is 0 Å². The number of nitrogens with zero attached hydrogens (tertiary/aromatic N) is 2. The zero-order chi connectivity index (χ0) is 7.78. The lowest BCUT2D eigenvalue weighted by atomic mass is 10.6. The molecule has 0 saturated carbocycles. The average molecular weight is 168 g/mol. The monoisotopic (exact) mass is 167 g/mol. The molecule has 0 aromatic rings. The highest BCUT2D eigenvalue weighted by molar-refractivity contribution is 6.29. The number of alkyl halides is 1. The van der Waals surface area contributed by atoms with Crippen molar-refractivity contribution >= 4 is 17.8 Å². The largest absolute Gasteiger partial charge is 0.449 e. The molecule has 1 heterocycles. The Hall–Kier alpha value is -1.08. The minimum atomic E-state index is -2.12. The lowest BCUT2D eigenvalue weighted by Gasteiger charge is -2.03.